The fourth-order valence-corrected chi connectivity index (χ4v) is 1.93. The van der Waals surface area contributed by atoms with E-state index in [0.29, 0.717) is 17.0 Å². The number of carbonyl (C=O) groups is 3. The lowest BCUT2D eigenvalue weighted by Gasteiger charge is -2.14. The fraction of sp³-hybridized carbons (Fsp3) is 0.167. The molecule has 2 rings (SSSR count). The number of nitrogens with two attached hydrogens (primary N) is 1. The van der Waals surface area contributed by atoms with Crippen LogP contribution in [-0.4, -0.2) is 30.5 Å². The molecule has 2 aromatic carbocycles. The second-order valence-corrected chi connectivity index (χ2v) is 5.31. The summed E-state index contributed by atoms with van der Waals surface area (Å²) in [5.41, 5.74) is 5.85. The van der Waals surface area contributed by atoms with Crippen LogP contribution in [0.4, 0.5) is 10.1 Å². The smallest absolute Gasteiger partial charge is 0.347 e. The quantitative estimate of drug-likeness (QED) is 0.733. The molecule has 0 aliphatic carbocycles. The number of hydrogen-bond acceptors (Lipinski definition) is 5. The highest BCUT2D eigenvalue weighted by molar-refractivity contribution is 5.95. The van der Waals surface area contributed by atoms with Crippen LogP contribution in [0.2, 0.25) is 0 Å². The van der Waals surface area contributed by atoms with Gasteiger partial charge < -0.3 is 20.5 Å². The van der Waals surface area contributed by atoms with Gasteiger partial charge in [0.2, 0.25) is 5.91 Å². The average Bonchev–Trinajstić information content (AvgIpc) is 2.62. The van der Waals surface area contributed by atoms with Crippen LogP contribution in [0.15, 0.2) is 48.5 Å². The number of halogens is 1. The monoisotopic (exact) mass is 360 g/mol. The maximum Gasteiger partial charge on any atom is 0.347 e. The molecule has 8 heteroatoms. The molecule has 3 N–H and O–H groups in total. The minimum Gasteiger partial charge on any atom is -0.479 e. The molecule has 1 atom stereocenters. The maximum absolute atomic E-state index is 12.8. The number of ether oxygens (including phenoxy) is 2. The van der Waals surface area contributed by atoms with Gasteiger partial charge in [0.15, 0.2) is 12.7 Å². The number of esters is 1. The zero-order chi connectivity index (χ0) is 19.1. The predicted octanol–water partition coefficient (Wildman–Crippen LogP) is 1.87. The van der Waals surface area contributed by atoms with Crippen LogP contribution >= 0.6 is 0 Å². The second-order valence-electron chi connectivity index (χ2n) is 5.31. The van der Waals surface area contributed by atoms with Gasteiger partial charge in [-0.25, -0.2) is 9.18 Å². The van der Waals surface area contributed by atoms with Crippen molar-refractivity contribution in [2.45, 2.75) is 13.0 Å². The first-order valence-electron chi connectivity index (χ1n) is 7.63. The van der Waals surface area contributed by atoms with Crippen LogP contribution in [0.5, 0.6) is 5.75 Å². The van der Waals surface area contributed by atoms with Gasteiger partial charge in [-0.3, -0.25) is 9.59 Å². The van der Waals surface area contributed by atoms with Crippen molar-refractivity contribution in [3.8, 4) is 5.75 Å². The first-order valence-corrected chi connectivity index (χ1v) is 7.63. The van der Waals surface area contributed by atoms with Gasteiger partial charge in [0.25, 0.3) is 5.91 Å². The Bertz CT molecular complexity index is 790. The molecule has 0 heterocycles. The number of benzene rings is 2. The van der Waals surface area contributed by atoms with Crippen LogP contribution in [0.3, 0.4) is 0 Å². The van der Waals surface area contributed by atoms with Crippen LogP contribution in [0.1, 0.15) is 17.3 Å². The summed E-state index contributed by atoms with van der Waals surface area (Å²) in [6.45, 7) is 0.944. The van der Waals surface area contributed by atoms with Crippen LogP contribution in [-0.2, 0) is 14.3 Å². The molecule has 2 amide bonds. The van der Waals surface area contributed by atoms with E-state index in [-0.39, 0.29) is 0 Å². The molecule has 0 aromatic heterocycles. The van der Waals surface area contributed by atoms with Gasteiger partial charge in [-0.15, -0.1) is 0 Å². The number of primary amides is 1. The van der Waals surface area contributed by atoms with Crippen molar-refractivity contribution in [1.29, 1.82) is 0 Å². The predicted molar refractivity (Wildman–Crippen MR) is 91.0 cm³/mol. The van der Waals surface area contributed by atoms with E-state index in [0.717, 1.165) is 0 Å². The molecule has 26 heavy (non-hydrogen) atoms. The van der Waals surface area contributed by atoms with Crippen molar-refractivity contribution in [2.75, 3.05) is 11.9 Å². The molecule has 0 fully saturated rings. The van der Waals surface area contributed by atoms with E-state index < -0.39 is 36.3 Å². The summed E-state index contributed by atoms with van der Waals surface area (Å²) >= 11 is 0. The Kier molecular flexibility index (Phi) is 6.26. The number of rotatable bonds is 7. The van der Waals surface area contributed by atoms with E-state index in [1.54, 1.807) is 0 Å². The lowest BCUT2D eigenvalue weighted by Crippen LogP contribution is -2.29. The van der Waals surface area contributed by atoms with Crippen molar-refractivity contribution in [1.82, 2.24) is 0 Å². The first kappa shape index (κ1) is 18.9. The standard InChI is InChI=1S/C18H17FN2O5/c1-11(26-15-8-4-13(19)5-9-15)18(24)25-10-16(22)21-14-6-2-12(3-7-14)17(20)23/h2-9,11H,10H2,1H3,(H2,20,23)(H,21,22)/t11-/m0/s1. The van der Waals surface area contributed by atoms with Crippen molar-refractivity contribution < 1.29 is 28.2 Å². The Hall–Kier alpha value is -3.42. The molecule has 7 nitrogen and oxygen atoms in total. The van der Waals surface area contributed by atoms with E-state index in [2.05, 4.69) is 5.32 Å². The molecule has 0 aliphatic heterocycles. The normalized spacial score (nSPS) is 11.3. The highest BCUT2D eigenvalue weighted by Crippen LogP contribution is 2.13. The molecule has 0 spiro atoms. The van der Waals surface area contributed by atoms with Gasteiger partial charge in [-0.2, -0.15) is 0 Å². The molecule has 0 saturated heterocycles. The third-order valence-corrected chi connectivity index (χ3v) is 3.26. The molecule has 0 aliphatic rings. The number of hydrogen-bond donors (Lipinski definition) is 2. The zero-order valence-electron chi connectivity index (χ0n) is 13.9. The summed E-state index contributed by atoms with van der Waals surface area (Å²) in [6, 6.07) is 11.1. The Balaban J connectivity index is 1.79. The summed E-state index contributed by atoms with van der Waals surface area (Å²) in [4.78, 5) is 34.6. The number of amides is 2. The summed E-state index contributed by atoms with van der Waals surface area (Å²) in [6.07, 6.45) is -0.969. The van der Waals surface area contributed by atoms with Crippen LogP contribution in [0.25, 0.3) is 0 Å². The molecule has 0 saturated carbocycles. The SMILES string of the molecule is C[C@H](Oc1ccc(F)cc1)C(=O)OCC(=O)Nc1ccc(C(N)=O)cc1. The Labute approximate surface area is 148 Å². The third kappa shape index (κ3) is 5.59. The van der Waals surface area contributed by atoms with Crippen molar-refractivity contribution in [3.05, 3.63) is 59.9 Å². The second kappa shape index (κ2) is 8.61. The lowest BCUT2D eigenvalue weighted by molar-refractivity contribution is -0.153. The van der Waals surface area contributed by atoms with E-state index in [9.17, 15) is 18.8 Å². The van der Waals surface area contributed by atoms with Crippen molar-refractivity contribution in [3.63, 3.8) is 0 Å². The minimum absolute atomic E-state index is 0.301. The number of carbonyl (C=O) groups excluding carboxylic acids is 3. The largest absolute Gasteiger partial charge is 0.479 e. The Morgan fingerprint density at radius 3 is 2.27 bits per heavy atom. The van der Waals surface area contributed by atoms with Gasteiger partial charge in [0.05, 0.1) is 0 Å². The summed E-state index contributed by atoms with van der Waals surface area (Å²) in [7, 11) is 0. The fourth-order valence-electron chi connectivity index (χ4n) is 1.93. The highest BCUT2D eigenvalue weighted by Gasteiger charge is 2.18. The summed E-state index contributed by atoms with van der Waals surface area (Å²) < 4.78 is 23.0. The molecular weight excluding hydrogens is 343 g/mol. The molecule has 0 radical (unpaired) electrons. The molecule has 2 aromatic rings. The van der Waals surface area contributed by atoms with Crippen LogP contribution < -0.4 is 15.8 Å². The Morgan fingerprint density at radius 1 is 1.08 bits per heavy atom. The van der Waals surface area contributed by atoms with Gasteiger partial charge in [0, 0.05) is 11.3 Å². The summed E-state index contributed by atoms with van der Waals surface area (Å²) in [5, 5.41) is 2.51. The topological polar surface area (TPSA) is 108 Å². The molecule has 136 valence electrons. The molecule has 0 unspecified atom stereocenters. The molecular formula is C18H17FN2O5. The van der Waals surface area contributed by atoms with E-state index >= 15 is 0 Å². The van der Waals surface area contributed by atoms with Crippen LogP contribution in [0, 0.1) is 5.82 Å². The van der Waals surface area contributed by atoms with E-state index in [1.165, 1.54) is 55.5 Å². The van der Waals surface area contributed by atoms with Crippen molar-refractivity contribution in [2.24, 2.45) is 5.73 Å². The van der Waals surface area contributed by atoms with Gasteiger partial charge in [-0.1, -0.05) is 0 Å². The first-order chi connectivity index (χ1) is 12.3. The third-order valence-electron chi connectivity index (χ3n) is 3.26. The van der Waals surface area contributed by atoms with E-state index in [1.807, 2.05) is 0 Å². The molecule has 0 bridgehead atoms. The Morgan fingerprint density at radius 2 is 1.69 bits per heavy atom. The van der Waals surface area contributed by atoms with E-state index in [4.69, 9.17) is 15.2 Å². The highest BCUT2D eigenvalue weighted by atomic mass is 19.1. The lowest BCUT2D eigenvalue weighted by atomic mass is 10.2. The average molecular weight is 360 g/mol. The van der Waals surface area contributed by atoms with Gasteiger partial charge >= 0.3 is 5.97 Å². The zero-order valence-corrected chi connectivity index (χ0v) is 13.9. The number of nitrogens with one attached hydrogen (secondary N) is 1. The number of anilines is 1. The van der Waals surface area contributed by atoms with Gasteiger partial charge in [-0.05, 0) is 55.5 Å². The minimum atomic E-state index is -0.969. The van der Waals surface area contributed by atoms with Gasteiger partial charge in [0.1, 0.15) is 11.6 Å². The summed E-state index contributed by atoms with van der Waals surface area (Å²) in [5.74, 6) is -2.00. The maximum atomic E-state index is 12.8. The van der Waals surface area contributed by atoms with Crippen molar-refractivity contribution >= 4 is 23.5 Å².